The van der Waals surface area contributed by atoms with Gasteiger partial charge >= 0.3 is 0 Å². The minimum Gasteiger partial charge on any atom is -0.497 e. The molecule has 0 spiro atoms. The van der Waals surface area contributed by atoms with Crippen LogP contribution < -0.4 is 10.1 Å². The molecule has 0 atom stereocenters. The van der Waals surface area contributed by atoms with Crippen molar-refractivity contribution in [3.63, 3.8) is 0 Å². The molecule has 120 valence electrons. The highest BCUT2D eigenvalue weighted by Gasteiger charge is 2.09. The fraction of sp³-hybridized carbons (Fsp3) is 0.0500. The molecule has 1 heterocycles. The number of methoxy groups -OCH3 is 1. The summed E-state index contributed by atoms with van der Waals surface area (Å²) in [6, 6.07) is 18.7. The standard InChI is InChI=1S/C20H17NO3/c1-23-17-12-9-15(10-13-17)8-11-16-5-2-3-6-18(16)21-20(22)19-7-4-14-24-19/h2-14H,1H3,(H,21,22)/b11-8+. The molecule has 4 nitrogen and oxygen atoms in total. The zero-order valence-electron chi connectivity index (χ0n) is 13.2. The third-order valence-electron chi connectivity index (χ3n) is 3.53. The van der Waals surface area contributed by atoms with Gasteiger partial charge in [0, 0.05) is 5.69 Å². The van der Waals surface area contributed by atoms with Gasteiger partial charge in [0.25, 0.3) is 5.91 Å². The zero-order valence-corrected chi connectivity index (χ0v) is 13.2. The molecule has 1 amide bonds. The molecule has 0 saturated heterocycles. The van der Waals surface area contributed by atoms with Crippen LogP contribution in [0.3, 0.4) is 0 Å². The monoisotopic (exact) mass is 319 g/mol. The van der Waals surface area contributed by atoms with Crippen LogP contribution in [-0.2, 0) is 0 Å². The summed E-state index contributed by atoms with van der Waals surface area (Å²) in [6.45, 7) is 0. The molecule has 0 fully saturated rings. The fourth-order valence-corrected chi connectivity index (χ4v) is 2.25. The minimum absolute atomic E-state index is 0.273. The Morgan fingerprint density at radius 2 is 1.79 bits per heavy atom. The van der Waals surface area contributed by atoms with E-state index in [0.717, 1.165) is 22.6 Å². The number of carbonyl (C=O) groups is 1. The number of hydrogen-bond donors (Lipinski definition) is 1. The number of benzene rings is 2. The second-order valence-corrected chi connectivity index (χ2v) is 5.13. The van der Waals surface area contributed by atoms with E-state index in [9.17, 15) is 4.79 Å². The number of hydrogen-bond acceptors (Lipinski definition) is 3. The number of para-hydroxylation sites is 1. The first kappa shape index (κ1) is 15.6. The van der Waals surface area contributed by atoms with Gasteiger partial charge in [-0.05, 0) is 41.5 Å². The van der Waals surface area contributed by atoms with Crippen molar-refractivity contribution in [3.8, 4) is 5.75 Å². The molecule has 0 aliphatic carbocycles. The first-order valence-electron chi connectivity index (χ1n) is 7.52. The van der Waals surface area contributed by atoms with Crippen molar-refractivity contribution in [3.05, 3.63) is 83.8 Å². The molecule has 1 aromatic heterocycles. The summed E-state index contributed by atoms with van der Waals surface area (Å²) < 4.78 is 10.3. The van der Waals surface area contributed by atoms with Crippen LogP contribution in [0.15, 0.2) is 71.3 Å². The largest absolute Gasteiger partial charge is 0.497 e. The lowest BCUT2D eigenvalue weighted by atomic mass is 10.1. The van der Waals surface area contributed by atoms with E-state index in [-0.39, 0.29) is 11.7 Å². The van der Waals surface area contributed by atoms with Crippen LogP contribution in [0.2, 0.25) is 0 Å². The van der Waals surface area contributed by atoms with Crippen molar-refractivity contribution in [1.29, 1.82) is 0 Å². The van der Waals surface area contributed by atoms with Crippen LogP contribution in [0.25, 0.3) is 12.2 Å². The topological polar surface area (TPSA) is 51.5 Å². The Bertz CT molecular complexity index is 834. The first-order chi connectivity index (χ1) is 11.8. The molecule has 0 aliphatic rings. The third-order valence-corrected chi connectivity index (χ3v) is 3.53. The predicted octanol–water partition coefficient (Wildman–Crippen LogP) is 4.71. The lowest BCUT2D eigenvalue weighted by Gasteiger charge is -2.07. The van der Waals surface area contributed by atoms with Gasteiger partial charge in [-0.3, -0.25) is 4.79 Å². The van der Waals surface area contributed by atoms with E-state index < -0.39 is 0 Å². The lowest BCUT2D eigenvalue weighted by molar-refractivity contribution is 0.0996. The van der Waals surface area contributed by atoms with Gasteiger partial charge in [-0.25, -0.2) is 0 Å². The molecule has 0 saturated carbocycles. The summed E-state index contributed by atoms with van der Waals surface area (Å²) >= 11 is 0. The van der Waals surface area contributed by atoms with Gasteiger partial charge < -0.3 is 14.5 Å². The molecule has 2 aromatic carbocycles. The Labute approximate surface area is 140 Å². The second kappa shape index (κ2) is 7.33. The summed E-state index contributed by atoms with van der Waals surface area (Å²) in [5.74, 6) is 0.826. The van der Waals surface area contributed by atoms with Crippen molar-refractivity contribution in [2.45, 2.75) is 0 Å². The van der Waals surface area contributed by atoms with Crippen molar-refractivity contribution in [1.82, 2.24) is 0 Å². The van der Waals surface area contributed by atoms with E-state index in [1.165, 1.54) is 6.26 Å². The fourth-order valence-electron chi connectivity index (χ4n) is 2.25. The molecule has 4 heteroatoms. The lowest BCUT2D eigenvalue weighted by Crippen LogP contribution is -2.11. The van der Waals surface area contributed by atoms with E-state index in [2.05, 4.69) is 5.32 Å². The summed E-state index contributed by atoms with van der Waals surface area (Å²) in [5, 5.41) is 2.86. The van der Waals surface area contributed by atoms with E-state index in [4.69, 9.17) is 9.15 Å². The van der Waals surface area contributed by atoms with Gasteiger partial charge in [0.2, 0.25) is 0 Å². The molecule has 1 N–H and O–H groups in total. The van der Waals surface area contributed by atoms with Crippen LogP contribution in [0, 0.1) is 0 Å². The summed E-state index contributed by atoms with van der Waals surface area (Å²) in [4.78, 5) is 12.1. The van der Waals surface area contributed by atoms with E-state index in [0.29, 0.717) is 0 Å². The number of anilines is 1. The number of carbonyl (C=O) groups excluding carboxylic acids is 1. The smallest absolute Gasteiger partial charge is 0.291 e. The maximum absolute atomic E-state index is 12.1. The molecule has 0 unspecified atom stereocenters. The SMILES string of the molecule is COc1ccc(/C=C/c2ccccc2NC(=O)c2ccco2)cc1. The number of ether oxygens (including phenoxy) is 1. The molecule has 3 aromatic rings. The van der Waals surface area contributed by atoms with Crippen molar-refractivity contribution in [2.75, 3.05) is 12.4 Å². The van der Waals surface area contributed by atoms with E-state index >= 15 is 0 Å². The quantitative estimate of drug-likeness (QED) is 0.693. The molecule has 0 aliphatic heterocycles. The molecular weight excluding hydrogens is 302 g/mol. The molecule has 24 heavy (non-hydrogen) atoms. The van der Waals surface area contributed by atoms with Gasteiger partial charge in [0.05, 0.1) is 13.4 Å². The van der Waals surface area contributed by atoms with Crippen LogP contribution in [0.4, 0.5) is 5.69 Å². The van der Waals surface area contributed by atoms with Crippen molar-refractivity contribution < 1.29 is 13.9 Å². The van der Waals surface area contributed by atoms with Gasteiger partial charge in [-0.15, -0.1) is 0 Å². The normalized spacial score (nSPS) is 10.7. The third kappa shape index (κ3) is 3.73. The number of rotatable bonds is 5. The molecule has 0 bridgehead atoms. The number of furan rings is 1. The Hall–Kier alpha value is -3.27. The minimum atomic E-state index is -0.273. The van der Waals surface area contributed by atoms with E-state index in [1.807, 2.05) is 60.7 Å². The maximum Gasteiger partial charge on any atom is 0.291 e. The Balaban J connectivity index is 1.78. The van der Waals surface area contributed by atoms with E-state index in [1.54, 1.807) is 19.2 Å². The van der Waals surface area contributed by atoms with Crippen LogP contribution >= 0.6 is 0 Å². The maximum atomic E-state index is 12.1. The van der Waals surface area contributed by atoms with Crippen molar-refractivity contribution in [2.24, 2.45) is 0 Å². The Kier molecular flexibility index (Phi) is 4.77. The Morgan fingerprint density at radius 3 is 2.50 bits per heavy atom. The summed E-state index contributed by atoms with van der Waals surface area (Å²) in [6.07, 6.45) is 5.42. The Morgan fingerprint density at radius 1 is 1.00 bits per heavy atom. The van der Waals surface area contributed by atoms with Crippen molar-refractivity contribution >= 4 is 23.7 Å². The highest BCUT2D eigenvalue weighted by molar-refractivity contribution is 6.03. The zero-order chi connectivity index (χ0) is 16.8. The predicted molar refractivity (Wildman–Crippen MR) is 95.0 cm³/mol. The average Bonchev–Trinajstić information content (AvgIpc) is 3.16. The highest BCUT2D eigenvalue weighted by Crippen LogP contribution is 2.20. The number of nitrogens with one attached hydrogen (secondary N) is 1. The van der Waals surface area contributed by atoms with Gasteiger partial charge in [0.1, 0.15) is 5.75 Å². The van der Waals surface area contributed by atoms with Crippen LogP contribution in [-0.4, -0.2) is 13.0 Å². The van der Waals surface area contributed by atoms with Gasteiger partial charge in [0.15, 0.2) is 5.76 Å². The highest BCUT2D eigenvalue weighted by atomic mass is 16.5. The number of amides is 1. The molecule has 0 radical (unpaired) electrons. The summed E-state index contributed by atoms with van der Waals surface area (Å²) in [5.41, 5.74) is 2.68. The average molecular weight is 319 g/mol. The van der Waals surface area contributed by atoms with Crippen LogP contribution in [0.5, 0.6) is 5.75 Å². The molecule has 3 rings (SSSR count). The van der Waals surface area contributed by atoms with Gasteiger partial charge in [-0.2, -0.15) is 0 Å². The molecular formula is C20H17NO3. The van der Waals surface area contributed by atoms with Gasteiger partial charge in [-0.1, -0.05) is 42.5 Å². The summed E-state index contributed by atoms with van der Waals surface area (Å²) in [7, 11) is 1.64. The second-order valence-electron chi connectivity index (χ2n) is 5.13. The van der Waals surface area contributed by atoms with Crippen LogP contribution in [0.1, 0.15) is 21.7 Å². The first-order valence-corrected chi connectivity index (χ1v) is 7.52.